The van der Waals surface area contributed by atoms with Gasteiger partial charge >= 0.3 is 239 Å². The van der Waals surface area contributed by atoms with Crippen LogP contribution >= 0.6 is 18.1 Å². The molecular formula is C46H53BO14P2. The predicted molar refractivity (Wildman–Crippen MR) is 239 cm³/mol. The zero-order chi connectivity index (χ0) is 44.3. The van der Waals surface area contributed by atoms with Gasteiger partial charge in [0.25, 0.3) is 0 Å². The van der Waals surface area contributed by atoms with Crippen molar-refractivity contribution < 1.29 is 66.6 Å². The fraction of sp³-hybridized carbons (Fsp3) is 0.370. The molecule has 63 heavy (non-hydrogen) atoms. The Morgan fingerprint density at radius 1 is 0.635 bits per heavy atom. The number of aliphatic hydroxyl groups excluding tert-OH is 1. The second-order valence-electron chi connectivity index (χ2n) is 14.7. The van der Waals surface area contributed by atoms with Gasteiger partial charge in [-0.05, 0) is 6.92 Å². The molecule has 1 aromatic heterocycles. The molecule has 2 aliphatic rings. The van der Waals surface area contributed by atoms with Gasteiger partial charge in [0.2, 0.25) is 0 Å². The molecule has 4 aromatic carbocycles. The Labute approximate surface area is 371 Å². The van der Waals surface area contributed by atoms with E-state index in [4.69, 9.17) is 51.3 Å². The van der Waals surface area contributed by atoms with Gasteiger partial charge in [-0.2, -0.15) is 0 Å². The van der Waals surface area contributed by atoms with Crippen LogP contribution in [-0.4, -0.2) is 68.5 Å². The van der Waals surface area contributed by atoms with Crippen LogP contribution in [0.3, 0.4) is 0 Å². The van der Waals surface area contributed by atoms with E-state index in [-0.39, 0.29) is 23.9 Å². The number of phenols is 1. The van der Waals surface area contributed by atoms with Gasteiger partial charge in [-0.15, -0.1) is 0 Å². The van der Waals surface area contributed by atoms with Crippen LogP contribution in [-0.2, 0) is 43.3 Å². The maximum absolute atomic E-state index is 11.6. The number of rotatable bonds is 21. The monoisotopic (exact) mass is 902 g/mol. The van der Waals surface area contributed by atoms with Crippen molar-refractivity contribution >= 4 is 25.0 Å². The van der Waals surface area contributed by atoms with Crippen LogP contribution in [0, 0.1) is 0 Å². The number of phenolic OH excluding ortho intramolecular Hbond substituents is 1. The second-order valence-corrected chi connectivity index (χ2v) is 15.9. The molecule has 14 nitrogen and oxygen atoms in total. The van der Waals surface area contributed by atoms with E-state index < -0.39 is 48.8 Å². The summed E-state index contributed by atoms with van der Waals surface area (Å²) in [5.41, 5.74) is 3.78. The summed E-state index contributed by atoms with van der Waals surface area (Å²) in [6.45, 7) is 13.9. The zero-order valence-corrected chi connectivity index (χ0v) is 37.8. The summed E-state index contributed by atoms with van der Waals surface area (Å²) in [5.74, 6) is 2.99. The summed E-state index contributed by atoms with van der Waals surface area (Å²) in [5, 5.41) is 34.1. The summed E-state index contributed by atoms with van der Waals surface area (Å²) in [4.78, 5) is 0. The van der Waals surface area contributed by atoms with Crippen molar-refractivity contribution in [1.29, 1.82) is 0 Å². The number of aliphatic hydroxyl groups is 1. The fourth-order valence-corrected chi connectivity index (χ4v) is 8.61. The molecule has 3 N–H and O–H groups in total. The van der Waals surface area contributed by atoms with Gasteiger partial charge < -0.3 is 24.4 Å². The van der Waals surface area contributed by atoms with Gasteiger partial charge in [0.1, 0.15) is 11.5 Å². The molecule has 0 bridgehead atoms. The molecule has 2 saturated heterocycles. The molecule has 3 unspecified atom stereocenters. The van der Waals surface area contributed by atoms with Crippen molar-refractivity contribution in [2.75, 3.05) is 46.2 Å². The van der Waals surface area contributed by atoms with Gasteiger partial charge in [-0.25, -0.2) is 0 Å². The van der Waals surface area contributed by atoms with Crippen molar-refractivity contribution in [2.45, 2.75) is 65.4 Å². The predicted octanol–water partition coefficient (Wildman–Crippen LogP) is 9.77. The Kier molecular flexibility index (Phi) is 16.4. The van der Waals surface area contributed by atoms with Crippen molar-refractivity contribution in [2.24, 2.45) is 0 Å². The molecule has 5 aromatic rings. The molecule has 2 fully saturated rings. The van der Waals surface area contributed by atoms with E-state index in [1.54, 1.807) is 56.3 Å². The van der Waals surface area contributed by atoms with Crippen molar-refractivity contribution in [3.8, 4) is 50.9 Å². The molecule has 7 rings (SSSR count). The van der Waals surface area contributed by atoms with E-state index in [2.05, 4.69) is 0 Å². The van der Waals surface area contributed by atoms with Gasteiger partial charge in [-0.1, -0.05) is 36.4 Å². The van der Waals surface area contributed by atoms with Crippen molar-refractivity contribution in [1.82, 2.24) is 0 Å². The average molecular weight is 903 g/mol. The van der Waals surface area contributed by atoms with Crippen LogP contribution in [0.1, 0.15) is 87.6 Å². The molecule has 0 amide bonds. The minimum atomic E-state index is -1.31. The summed E-state index contributed by atoms with van der Waals surface area (Å²) >= 11 is 0. The third-order valence-electron chi connectivity index (χ3n) is 10.3. The van der Waals surface area contributed by atoms with Crippen molar-refractivity contribution in [3.05, 3.63) is 119 Å². The molecular weight excluding hydrogens is 849 g/mol. The van der Waals surface area contributed by atoms with Crippen LogP contribution in [0.5, 0.6) is 28.7 Å². The van der Waals surface area contributed by atoms with E-state index in [9.17, 15) is 15.3 Å². The van der Waals surface area contributed by atoms with Gasteiger partial charge in [0.05, 0.1) is 24.3 Å². The Balaban J connectivity index is 1.13. The molecule has 2 aliphatic heterocycles. The summed E-state index contributed by atoms with van der Waals surface area (Å²) in [7, 11) is -1.14. The first kappa shape index (κ1) is 46.8. The first-order valence-electron chi connectivity index (χ1n) is 20.8. The van der Waals surface area contributed by atoms with Crippen LogP contribution < -0.4 is 13.6 Å². The molecule has 0 aliphatic carbocycles. The summed E-state index contributed by atoms with van der Waals surface area (Å²) in [6.07, 6.45) is -3.46. The quantitative estimate of drug-likeness (QED) is 0.0471. The Morgan fingerprint density at radius 3 is 1.89 bits per heavy atom. The van der Waals surface area contributed by atoms with Gasteiger partial charge in [0, 0.05) is 17.7 Å². The topological polar surface area (TPSA) is 162 Å². The summed E-state index contributed by atoms with van der Waals surface area (Å²) in [6, 6.07) is 25.3. The first-order chi connectivity index (χ1) is 30.7. The van der Waals surface area contributed by atoms with Gasteiger partial charge in [-0.3, -0.25) is 0 Å². The minimum absolute atomic E-state index is 0.00946. The van der Waals surface area contributed by atoms with E-state index in [1.165, 1.54) is 0 Å². The van der Waals surface area contributed by atoms with E-state index >= 15 is 0 Å². The third kappa shape index (κ3) is 10.8. The average Bonchev–Trinajstić information content (AvgIpc) is 4.03. The number of benzene rings is 4. The SMILES string of the molecule is CCOC(O)c1cccc(-c2cccc(C3OCCO3)c2O)c1OPOc1ccccc1C(C)(C)OPOc1c(-c2bccc(C3OCCO3)c2O)cccc1C(OCC)OCC. The Bertz CT molecular complexity index is 2280. The summed E-state index contributed by atoms with van der Waals surface area (Å²) < 4.78 is 66.2. The zero-order valence-electron chi connectivity index (χ0n) is 35.8. The third-order valence-corrected chi connectivity index (χ3v) is 11.8. The van der Waals surface area contributed by atoms with Gasteiger partial charge in [0.15, 0.2) is 12.6 Å². The molecule has 0 spiro atoms. The number of hydrogen-bond acceptors (Lipinski definition) is 14. The molecule has 334 valence electrons. The van der Waals surface area contributed by atoms with E-state index in [1.807, 2.05) is 76.1 Å². The van der Waals surface area contributed by atoms with Crippen LogP contribution in [0.2, 0.25) is 0 Å². The molecule has 17 heteroatoms. The Hall–Kier alpha value is -4.21. The van der Waals surface area contributed by atoms with Crippen molar-refractivity contribution in [3.63, 3.8) is 0 Å². The fourth-order valence-electron chi connectivity index (χ4n) is 7.32. The van der Waals surface area contributed by atoms with Crippen LogP contribution in [0.4, 0.5) is 0 Å². The number of ether oxygens (including phenoxy) is 7. The number of para-hydroxylation sites is 4. The normalized spacial score (nSPS) is 15.6. The van der Waals surface area contributed by atoms with E-state index in [0.717, 1.165) is 0 Å². The molecule has 3 heterocycles. The Morgan fingerprint density at radius 2 is 1.21 bits per heavy atom. The maximum atomic E-state index is 11.6. The molecule has 0 saturated carbocycles. The molecule has 3 atom stereocenters. The second kappa shape index (κ2) is 22.1. The molecule has 0 radical (unpaired) electrons. The number of aromatic hydroxyl groups is 2. The first-order valence-corrected chi connectivity index (χ1v) is 22.5. The standard InChI is InChI=1S/C46H53BO14P2/c1-6-51-42(50)33-18-12-15-29(28-14-11-17-31(38(28)48)43-54-24-25-55-43)40(33)59-62-58-36-21-10-9-20-35(36)46(4,5)61-63-60-41-30(16-13-19-34(41)45(52-7-2)53-8-3)37-39(49)32(22-23-47-37)44-56-26-27-57-44/h9-23,42-45,48-50,62-63H,6-8,24-27H2,1-5H3. The van der Waals surface area contributed by atoms with E-state index in [0.29, 0.717) is 101 Å². The number of hydrogen-bond donors (Lipinski definition) is 3. The van der Waals surface area contributed by atoms with Crippen LogP contribution in [0.15, 0.2) is 90.9 Å². The van der Waals surface area contributed by atoms with Crippen LogP contribution in [0.25, 0.3) is 22.1 Å².